The molecule has 10 unspecified atom stereocenters. The minimum Gasteiger partial charge on any atom is -0.399 e. The second-order valence-electron chi connectivity index (χ2n) is 17.0. The van der Waals surface area contributed by atoms with Crippen LogP contribution in [0.3, 0.4) is 0 Å². The third-order valence-corrected chi connectivity index (χ3v) is 11.9. The van der Waals surface area contributed by atoms with E-state index in [9.17, 15) is 25.5 Å². The summed E-state index contributed by atoms with van der Waals surface area (Å²) in [5.41, 5.74) is -3.92. The van der Waals surface area contributed by atoms with E-state index in [1.54, 1.807) is 48.3 Å². The quantitative estimate of drug-likeness (QED) is 0.0474. The van der Waals surface area contributed by atoms with Crippen LogP contribution in [-0.2, 0) is 38.0 Å². The average molecular weight is 795 g/mol. The van der Waals surface area contributed by atoms with Gasteiger partial charge in [0.1, 0.15) is 19.3 Å². The molecule has 0 amide bonds. The molecule has 2 rings (SSSR count). The molecule has 0 aromatic carbocycles. The molecule has 0 radical (unpaired) electrons. The molecule has 15 heteroatoms. The molecule has 0 saturated carbocycles. The largest absolute Gasteiger partial charge is 0.399 e. The third-order valence-electron chi connectivity index (χ3n) is 11.9. The average Bonchev–Trinajstić information content (AvgIpc) is 3.12. The minimum absolute atomic E-state index is 0.124. The lowest BCUT2D eigenvalue weighted by Gasteiger charge is -2.48. The zero-order chi connectivity index (χ0) is 41.9. The van der Waals surface area contributed by atoms with Gasteiger partial charge in [-0.3, -0.25) is 0 Å². The summed E-state index contributed by atoms with van der Waals surface area (Å²) in [5, 5.41) is 64.9. The number of aliphatic hydroxyl groups is 5. The first-order chi connectivity index (χ1) is 25.6. The molecule has 2 fully saturated rings. The number of nitrogens with one attached hydrogen (secondary N) is 1. The van der Waals surface area contributed by atoms with Crippen LogP contribution in [0.15, 0.2) is 5.16 Å². The fourth-order valence-electron chi connectivity index (χ4n) is 8.73. The molecule has 0 aromatic rings. The van der Waals surface area contributed by atoms with Crippen LogP contribution in [0.5, 0.6) is 0 Å². The lowest BCUT2D eigenvalue weighted by molar-refractivity contribution is -0.314. The van der Waals surface area contributed by atoms with E-state index in [1.165, 1.54) is 7.11 Å². The molecule has 0 bridgehead atoms. The Morgan fingerprint density at radius 2 is 1.62 bits per heavy atom. The maximum atomic E-state index is 12.7. The zero-order valence-corrected chi connectivity index (χ0v) is 36.1. The van der Waals surface area contributed by atoms with E-state index in [0.29, 0.717) is 25.9 Å². The Kier molecular flexibility index (Phi) is 20.4. The molecule has 15 nitrogen and oxygen atoms in total. The summed E-state index contributed by atoms with van der Waals surface area (Å²) in [6.45, 7) is 18.9. The number of nitrogens with zero attached hydrogens (tertiary/aromatic N) is 1. The van der Waals surface area contributed by atoms with Gasteiger partial charge in [-0.05, 0) is 66.8 Å². The monoisotopic (exact) mass is 795 g/mol. The molecule has 6 N–H and O–H groups in total. The van der Waals surface area contributed by atoms with Crippen molar-refractivity contribution in [2.75, 3.05) is 41.6 Å². The van der Waals surface area contributed by atoms with Gasteiger partial charge in [-0.25, -0.2) is 0 Å². The Hall–Kier alpha value is -1.05. The second-order valence-corrected chi connectivity index (χ2v) is 17.0. The first-order valence-corrected chi connectivity index (χ1v) is 20.1. The summed E-state index contributed by atoms with van der Waals surface area (Å²) in [6, 6.07) is -0.319. The van der Waals surface area contributed by atoms with Gasteiger partial charge < -0.3 is 68.8 Å². The van der Waals surface area contributed by atoms with Crippen LogP contribution in [0.25, 0.3) is 0 Å². The number of rotatable bonds is 24. The topological polar surface area (TPSA) is 199 Å². The van der Waals surface area contributed by atoms with Gasteiger partial charge in [-0.1, -0.05) is 46.2 Å². The molecule has 2 aliphatic rings. The fraction of sp³-hybridized carbons (Fsp3) is 0.975. The number of ether oxygens (including phenoxy) is 7. The van der Waals surface area contributed by atoms with Crippen molar-refractivity contribution in [1.29, 1.82) is 0 Å². The Labute approximate surface area is 330 Å². The van der Waals surface area contributed by atoms with Crippen LogP contribution in [0, 0.1) is 23.7 Å². The molecule has 2 saturated heterocycles. The van der Waals surface area contributed by atoms with Crippen molar-refractivity contribution in [3.63, 3.8) is 0 Å². The van der Waals surface area contributed by atoms with Crippen molar-refractivity contribution >= 4 is 6.21 Å². The molecule has 2 heterocycles. The van der Waals surface area contributed by atoms with Gasteiger partial charge in [0.2, 0.25) is 0 Å². The normalized spacial score (nSPS) is 34.5. The lowest BCUT2D eigenvalue weighted by Crippen LogP contribution is -2.60. The van der Waals surface area contributed by atoms with Gasteiger partial charge >= 0.3 is 0 Å². The number of hydrogen-bond donors (Lipinski definition) is 6. The first kappa shape index (κ1) is 50.1. The van der Waals surface area contributed by atoms with Gasteiger partial charge in [0.25, 0.3) is 0 Å². The Morgan fingerprint density at radius 3 is 2.18 bits per heavy atom. The fourth-order valence-corrected chi connectivity index (χ4v) is 8.73. The van der Waals surface area contributed by atoms with E-state index in [2.05, 4.69) is 10.5 Å². The maximum Gasteiger partial charge on any atom is 0.185 e. The van der Waals surface area contributed by atoms with Crippen LogP contribution < -0.4 is 5.32 Å². The van der Waals surface area contributed by atoms with E-state index in [-0.39, 0.29) is 37.5 Å². The molecular formula is C40H78N2O13. The van der Waals surface area contributed by atoms with Gasteiger partial charge in [0.15, 0.2) is 12.6 Å². The molecule has 18 atom stereocenters. The highest BCUT2D eigenvalue weighted by atomic mass is 16.7. The van der Waals surface area contributed by atoms with Crippen molar-refractivity contribution < 1.29 is 63.5 Å². The molecule has 2 aliphatic heterocycles. The maximum absolute atomic E-state index is 12.7. The Bertz CT molecular complexity index is 1120. The SMILES string of the molecule is CCCC(C)(O)C(O)C(C)C(OCCOC)C(C)CC(C)(O)C(O[C@@H]1O[C@H](C)C[C@H](NC)[C@H]1O)C(C)C(O[C@H]1C[C@@](C)(OC)[C@@H](O)[C@H](C)O1)C(C)C=NOC. The summed E-state index contributed by atoms with van der Waals surface area (Å²) in [4.78, 5) is 5.04. The lowest BCUT2D eigenvalue weighted by atomic mass is 9.74. The van der Waals surface area contributed by atoms with Crippen LogP contribution in [0.2, 0.25) is 0 Å². The van der Waals surface area contributed by atoms with E-state index < -0.39 is 89.9 Å². The third kappa shape index (κ3) is 13.5. The van der Waals surface area contributed by atoms with Crippen molar-refractivity contribution in [1.82, 2.24) is 5.32 Å². The van der Waals surface area contributed by atoms with Gasteiger partial charge in [-0.2, -0.15) is 0 Å². The Morgan fingerprint density at radius 1 is 0.964 bits per heavy atom. The molecule has 55 heavy (non-hydrogen) atoms. The molecule has 0 aliphatic carbocycles. The highest BCUT2D eigenvalue weighted by Gasteiger charge is 2.51. The summed E-state index contributed by atoms with van der Waals surface area (Å²) in [5.74, 6) is -1.93. The summed E-state index contributed by atoms with van der Waals surface area (Å²) >= 11 is 0. The number of aliphatic hydroxyl groups excluding tert-OH is 3. The van der Waals surface area contributed by atoms with Crippen LogP contribution in [0.1, 0.15) is 101 Å². The van der Waals surface area contributed by atoms with E-state index in [1.807, 2.05) is 48.5 Å². The minimum atomic E-state index is -1.62. The van der Waals surface area contributed by atoms with Crippen LogP contribution in [-0.4, -0.2) is 158 Å². The van der Waals surface area contributed by atoms with Crippen LogP contribution >= 0.6 is 0 Å². The predicted octanol–water partition coefficient (Wildman–Crippen LogP) is 3.00. The van der Waals surface area contributed by atoms with Gasteiger partial charge in [-0.15, -0.1) is 0 Å². The molecule has 0 aromatic heterocycles. The van der Waals surface area contributed by atoms with E-state index in [0.717, 1.165) is 0 Å². The number of oxime groups is 1. The molecule has 326 valence electrons. The smallest absolute Gasteiger partial charge is 0.185 e. The highest BCUT2D eigenvalue weighted by Crippen LogP contribution is 2.40. The second kappa shape index (κ2) is 22.4. The standard InChI is InChI=1S/C40H78N2O13/c1-15-16-38(8,46)34(44)26(5)32(51-18-17-48-12)23(2)20-39(9,47)36(55-37-31(43)29(41-11)19-25(4)52-37)27(6)33(24(3)22-42-50-14)54-30-21-40(10,49-13)35(45)28(7)53-30/h22-37,41,43-47H,15-21H2,1-14H3/t23?,24?,25-,26?,27?,28+,29+,30+,31-,32?,33?,34?,35+,36?,37+,38?,39?,40-/m1/s1. The summed E-state index contributed by atoms with van der Waals surface area (Å²) in [6.07, 6.45) is -4.55. The van der Waals surface area contributed by atoms with Crippen molar-refractivity contribution in [3.05, 3.63) is 0 Å². The molecular weight excluding hydrogens is 716 g/mol. The number of hydrogen-bond acceptors (Lipinski definition) is 15. The van der Waals surface area contributed by atoms with Crippen molar-refractivity contribution in [3.8, 4) is 0 Å². The van der Waals surface area contributed by atoms with Crippen molar-refractivity contribution in [2.24, 2.45) is 28.8 Å². The molecule has 0 spiro atoms. The van der Waals surface area contributed by atoms with Crippen molar-refractivity contribution in [2.45, 2.75) is 186 Å². The Balaban J connectivity index is 2.63. The van der Waals surface area contributed by atoms with E-state index in [4.69, 9.17) is 38.0 Å². The predicted molar refractivity (Wildman–Crippen MR) is 208 cm³/mol. The summed E-state index contributed by atoms with van der Waals surface area (Å²) < 4.78 is 43.3. The number of likely N-dealkylation sites (N-methyl/N-ethyl adjacent to an activating group) is 1. The zero-order valence-electron chi connectivity index (χ0n) is 36.1. The van der Waals surface area contributed by atoms with Crippen LogP contribution in [0.4, 0.5) is 0 Å². The van der Waals surface area contributed by atoms with E-state index >= 15 is 0 Å². The number of methoxy groups -OCH3 is 2. The highest BCUT2D eigenvalue weighted by molar-refractivity contribution is 5.60. The van der Waals surface area contributed by atoms with Gasteiger partial charge in [0.05, 0.1) is 66.6 Å². The summed E-state index contributed by atoms with van der Waals surface area (Å²) in [7, 11) is 6.34. The van der Waals surface area contributed by atoms with Gasteiger partial charge in [0, 0.05) is 50.7 Å². The first-order valence-electron chi connectivity index (χ1n) is 20.1.